The fourth-order valence-corrected chi connectivity index (χ4v) is 4.81. The van der Waals surface area contributed by atoms with Crippen molar-refractivity contribution in [3.63, 3.8) is 0 Å². The molecule has 2 aromatic rings. The number of pyridine rings is 1. The van der Waals surface area contributed by atoms with Crippen molar-refractivity contribution >= 4 is 11.8 Å². The van der Waals surface area contributed by atoms with Crippen molar-refractivity contribution in [2.24, 2.45) is 0 Å². The summed E-state index contributed by atoms with van der Waals surface area (Å²) in [6, 6.07) is 3.54. The van der Waals surface area contributed by atoms with Gasteiger partial charge in [0, 0.05) is 24.8 Å². The van der Waals surface area contributed by atoms with E-state index in [2.05, 4.69) is 10.3 Å². The molecule has 2 amide bonds. The summed E-state index contributed by atoms with van der Waals surface area (Å²) in [4.78, 5) is 32.1. The summed E-state index contributed by atoms with van der Waals surface area (Å²) in [5.41, 5.74) is 1.23. The number of ether oxygens (including phenoxy) is 1. The molecule has 0 aromatic carbocycles. The summed E-state index contributed by atoms with van der Waals surface area (Å²) in [6.45, 7) is 7.19. The number of fused-ring (bicyclic) bond motifs is 1. The normalized spacial score (nSPS) is 19.1. The Morgan fingerprint density at radius 3 is 2.68 bits per heavy atom. The zero-order valence-electron chi connectivity index (χ0n) is 19.5. The van der Waals surface area contributed by atoms with E-state index in [0.29, 0.717) is 48.6 Å². The van der Waals surface area contributed by atoms with E-state index in [0.717, 1.165) is 18.9 Å². The van der Waals surface area contributed by atoms with Gasteiger partial charge in [-0.15, -0.1) is 0 Å². The fraction of sp³-hybridized carbons (Fsp3) is 0.542. The van der Waals surface area contributed by atoms with Gasteiger partial charge in [-0.2, -0.15) is 13.2 Å². The molecule has 0 saturated carbocycles. The second kappa shape index (κ2) is 9.40. The van der Waals surface area contributed by atoms with Gasteiger partial charge in [0.1, 0.15) is 11.4 Å². The first-order valence-electron chi connectivity index (χ1n) is 11.6. The molecular weight excluding hydrogens is 449 g/mol. The Kier molecular flexibility index (Phi) is 6.71. The third-order valence-corrected chi connectivity index (χ3v) is 6.69. The minimum Gasteiger partial charge on any atom is -0.373 e. The van der Waals surface area contributed by atoms with Crippen LogP contribution in [0.5, 0.6) is 0 Å². The average Bonchev–Trinajstić information content (AvgIpc) is 3.40. The Labute approximate surface area is 196 Å². The third kappa shape index (κ3) is 4.55. The van der Waals surface area contributed by atoms with Crippen molar-refractivity contribution in [2.75, 3.05) is 13.2 Å². The molecule has 4 rings (SSSR count). The number of nitrogens with one attached hydrogen (secondary N) is 1. The maximum atomic E-state index is 13.3. The first-order valence-corrected chi connectivity index (χ1v) is 11.6. The van der Waals surface area contributed by atoms with Crippen LogP contribution >= 0.6 is 0 Å². The fourth-order valence-electron chi connectivity index (χ4n) is 4.81. The number of aromatic nitrogens is 2. The molecule has 1 N–H and O–H groups in total. The van der Waals surface area contributed by atoms with Gasteiger partial charge in [0.15, 0.2) is 0 Å². The topological polar surface area (TPSA) is 76.5 Å². The van der Waals surface area contributed by atoms with Crippen LogP contribution in [0, 0.1) is 6.92 Å². The SMILES string of the molecule is CCC(NC(=O)c1cc(C(=O)N2CCCC2C)n2c1COCC2)c1ccc(C(F)(F)F)nc1C. The van der Waals surface area contributed by atoms with Gasteiger partial charge in [0.2, 0.25) is 0 Å². The number of alkyl halides is 3. The van der Waals surface area contributed by atoms with Gasteiger partial charge in [0.25, 0.3) is 11.8 Å². The molecule has 184 valence electrons. The molecule has 2 unspecified atom stereocenters. The Balaban J connectivity index is 1.61. The van der Waals surface area contributed by atoms with Gasteiger partial charge in [-0.25, -0.2) is 4.98 Å². The average molecular weight is 479 g/mol. The first-order chi connectivity index (χ1) is 16.1. The van der Waals surface area contributed by atoms with E-state index in [-0.39, 0.29) is 24.2 Å². The molecule has 0 bridgehead atoms. The minimum atomic E-state index is -4.53. The van der Waals surface area contributed by atoms with Crippen molar-refractivity contribution in [2.45, 2.75) is 71.4 Å². The van der Waals surface area contributed by atoms with E-state index in [1.54, 1.807) is 6.07 Å². The number of nitrogens with zero attached hydrogens (tertiary/aromatic N) is 3. The highest BCUT2D eigenvalue weighted by atomic mass is 19.4. The second-order valence-electron chi connectivity index (χ2n) is 8.89. The predicted molar refractivity (Wildman–Crippen MR) is 118 cm³/mol. The molecule has 34 heavy (non-hydrogen) atoms. The predicted octanol–water partition coefficient (Wildman–Crippen LogP) is 4.25. The number of likely N-dealkylation sites (tertiary alicyclic amines) is 1. The Morgan fingerprint density at radius 2 is 2.06 bits per heavy atom. The number of carbonyl (C=O) groups excluding carboxylic acids is 2. The summed E-state index contributed by atoms with van der Waals surface area (Å²) in [5.74, 6) is -0.490. The van der Waals surface area contributed by atoms with Crippen LogP contribution in [0.25, 0.3) is 0 Å². The number of hydrogen-bond donors (Lipinski definition) is 1. The van der Waals surface area contributed by atoms with E-state index >= 15 is 0 Å². The van der Waals surface area contributed by atoms with Crippen molar-refractivity contribution < 1.29 is 27.5 Å². The minimum absolute atomic E-state index is 0.0953. The number of halogens is 3. The summed E-state index contributed by atoms with van der Waals surface area (Å²) in [5, 5.41) is 2.93. The van der Waals surface area contributed by atoms with E-state index in [1.165, 1.54) is 13.0 Å². The lowest BCUT2D eigenvalue weighted by Crippen LogP contribution is -2.35. The Hall–Kier alpha value is -2.88. The maximum absolute atomic E-state index is 13.3. The molecule has 2 aromatic heterocycles. The van der Waals surface area contributed by atoms with Gasteiger partial charge in [-0.3, -0.25) is 9.59 Å². The third-order valence-electron chi connectivity index (χ3n) is 6.69. The van der Waals surface area contributed by atoms with Crippen LogP contribution in [0.15, 0.2) is 18.2 Å². The van der Waals surface area contributed by atoms with Crippen molar-refractivity contribution in [3.05, 3.63) is 52.1 Å². The van der Waals surface area contributed by atoms with E-state index in [4.69, 9.17) is 4.74 Å². The summed E-state index contributed by atoms with van der Waals surface area (Å²) in [6.07, 6.45) is -2.16. The molecule has 1 saturated heterocycles. The van der Waals surface area contributed by atoms with Gasteiger partial charge in [0.05, 0.1) is 30.5 Å². The van der Waals surface area contributed by atoms with Crippen LogP contribution in [-0.4, -0.2) is 45.5 Å². The molecule has 2 aliphatic rings. The zero-order valence-corrected chi connectivity index (χ0v) is 19.5. The number of amides is 2. The lowest BCUT2D eigenvalue weighted by molar-refractivity contribution is -0.141. The first kappa shape index (κ1) is 24.3. The highest BCUT2D eigenvalue weighted by Gasteiger charge is 2.34. The molecule has 0 radical (unpaired) electrons. The standard InChI is InChI=1S/C24H29F3N4O3/c1-4-18(16-7-8-21(24(25,26)27)28-15(16)3)29-22(32)17-12-19(31-10-11-34-13-20(17)31)23(33)30-9-5-6-14(30)2/h7-8,12,14,18H,4-6,9-11,13H2,1-3H3,(H,29,32). The molecule has 4 heterocycles. The van der Waals surface area contributed by atoms with Crippen LogP contribution in [0.2, 0.25) is 0 Å². The highest BCUT2D eigenvalue weighted by Crippen LogP contribution is 2.31. The summed E-state index contributed by atoms with van der Waals surface area (Å²) < 4.78 is 46.4. The van der Waals surface area contributed by atoms with Gasteiger partial charge < -0.3 is 19.5 Å². The van der Waals surface area contributed by atoms with Crippen LogP contribution in [0.1, 0.15) is 82.6 Å². The molecule has 2 atom stereocenters. The number of hydrogen-bond acceptors (Lipinski definition) is 4. The van der Waals surface area contributed by atoms with Crippen LogP contribution in [-0.2, 0) is 24.1 Å². The monoisotopic (exact) mass is 478 g/mol. The zero-order chi connectivity index (χ0) is 24.6. The van der Waals surface area contributed by atoms with Crippen molar-refractivity contribution in [1.82, 2.24) is 19.8 Å². The Morgan fingerprint density at radius 1 is 1.29 bits per heavy atom. The molecule has 2 aliphatic heterocycles. The molecule has 1 fully saturated rings. The van der Waals surface area contributed by atoms with Gasteiger partial charge in [-0.1, -0.05) is 13.0 Å². The molecule has 0 spiro atoms. The largest absolute Gasteiger partial charge is 0.433 e. The number of rotatable bonds is 5. The molecule has 0 aliphatic carbocycles. The van der Waals surface area contributed by atoms with Crippen molar-refractivity contribution in [3.8, 4) is 0 Å². The van der Waals surface area contributed by atoms with E-state index in [1.807, 2.05) is 23.3 Å². The quantitative estimate of drug-likeness (QED) is 0.697. The number of aryl methyl sites for hydroxylation is 1. The second-order valence-corrected chi connectivity index (χ2v) is 8.89. The summed E-state index contributed by atoms with van der Waals surface area (Å²) in [7, 11) is 0. The van der Waals surface area contributed by atoms with Gasteiger partial charge >= 0.3 is 6.18 Å². The van der Waals surface area contributed by atoms with Crippen molar-refractivity contribution in [1.29, 1.82) is 0 Å². The molecule has 10 heteroatoms. The van der Waals surface area contributed by atoms with Crippen LogP contribution in [0.4, 0.5) is 13.2 Å². The van der Waals surface area contributed by atoms with Gasteiger partial charge in [-0.05, 0) is 50.8 Å². The highest BCUT2D eigenvalue weighted by molar-refractivity contribution is 6.01. The van der Waals surface area contributed by atoms with Crippen LogP contribution in [0.3, 0.4) is 0 Å². The Bertz CT molecular complexity index is 1100. The molecule has 7 nitrogen and oxygen atoms in total. The molecular formula is C24H29F3N4O3. The summed E-state index contributed by atoms with van der Waals surface area (Å²) >= 11 is 0. The lowest BCUT2D eigenvalue weighted by Gasteiger charge is -2.24. The van der Waals surface area contributed by atoms with Crippen LogP contribution < -0.4 is 5.32 Å². The maximum Gasteiger partial charge on any atom is 0.433 e. The van der Waals surface area contributed by atoms with E-state index < -0.39 is 23.8 Å². The number of carbonyl (C=O) groups is 2. The lowest BCUT2D eigenvalue weighted by atomic mass is 10.0. The van der Waals surface area contributed by atoms with E-state index in [9.17, 15) is 22.8 Å². The smallest absolute Gasteiger partial charge is 0.373 e.